The molecule has 102 valence electrons. The van der Waals surface area contributed by atoms with Gasteiger partial charge < -0.3 is 4.74 Å². The van der Waals surface area contributed by atoms with Crippen LogP contribution in [0.1, 0.15) is 26.7 Å². The average Bonchev–Trinajstić information content (AvgIpc) is 2.27. The summed E-state index contributed by atoms with van der Waals surface area (Å²) in [6.07, 6.45) is -0.398. The summed E-state index contributed by atoms with van der Waals surface area (Å²) in [6.45, 7) is 3.74. The number of ether oxygens (including phenoxy) is 1. The highest BCUT2D eigenvalue weighted by atomic mass is 32.2. The number of nitriles is 1. The summed E-state index contributed by atoms with van der Waals surface area (Å²) in [5, 5.41) is 8.72. The van der Waals surface area contributed by atoms with Crippen LogP contribution in [0.5, 0.6) is 0 Å². The number of hydrogen-bond donors (Lipinski definition) is 1. The van der Waals surface area contributed by atoms with E-state index in [1.165, 1.54) is 0 Å². The molecule has 0 aromatic heterocycles. The lowest BCUT2D eigenvalue weighted by molar-refractivity contribution is 0.120. The van der Waals surface area contributed by atoms with E-state index in [0.29, 0.717) is 12.8 Å². The first-order valence-electron chi connectivity index (χ1n) is 5.73. The molecule has 0 radical (unpaired) electrons. The number of nitrogens with one attached hydrogen (secondary N) is 1. The molecule has 8 heteroatoms. The standard InChI is InChI=1S/C10H17N3O4S/c1-8(2)17-10(14)12-18(15,16)13-5-3-9(7-11)4-6-13/h8-9H,3-6H2,1-2H3,(H,12,14). The molecule has 0 aromatic carbocycles. The molecular formula is C10H17N3O4S. The van der Waals surface area contributed by atoms with Crippen LogP contribution in [-0.2, 0) is 14.9 Å². The molecule has 0 spiro atoms. The van der Waals surface area contributed by atoms with Crippen LogP contribution in [0.25, 0.3) is 0 Å². The van der Waals surface area contributed by atoms with Crippen LogP contribution in [0.3, 0.4) is 0 Å². The summed E-state index contributed by atoms with van der Waals surface area (Å²) >= 11 is 0. The third-order valence-electron chi connectivity index (χ3n) is 2.53. The average molecular weight is 275 g/mol. The maximum atomic E-state index is 11.8. The molecule has 1 N–H and O–H groups in total. The monoisotopic (exact) mass is 275 g/mol. The van der Waals surface area contributed by atoms with Crippen LogP contribution in [0, 0.1) is 17.2 Å². The lowest BCUT2D eigenvalue weighted by atomic mass is 10.0. The zero-order valence-electron chi connectivity index (χ0n) is 10.4. The second-order valence-corrected chi connectivity index (χ2v) is 6.03. The van der Waals surface area contributed by atoms with Gasteiger partial charge in [-0.2, -0.15) is 18.0 Å². The molecule has 1 amide bonds. The van der Waals surface area contributed by atoms with Gasteiger partial charge in [-0.3, -0.25) is 0 Å². The van der Waals surface area contributed by atoms with Gasteiger partial charge in [0.05, 0.1) is 12.2 Å². The maximum absolute atomic E-state index is 11.8. The topological polar surface area (TPSA) is 99.5 Å². The molecule has 1 fully saturated rings. The molecule has 1 saturated heterocycles. The van der Waals surface area contributed by atoms with Crippen molar-refractivity contribution in [1.29, 1.82) is 5.26 Å². The van der Waals surface area contributed by atoms with Crippen molar-refractivity contribution < 1.29 is 17.9 Å². The Morgan fingerprint density at radius 1 is 1.44 bits per heavy atom. The van der Waals surface area contributed by atoms with Gasteiger partial charge in [-0.25, -0.2) is 9.52 Å². The van der Waals surface area contributed by atoms with Crippen LogP contribution >= 0.6 is 0 Å². The van der Waals surface area contributed by atoms with E-state index in [4.69, 9.17) is 10.00 Å². The van der Waals surface area contributed by atoms with Crippen molar-refractivity contribution in [3.8, 4) is 6.07 Å². The summed E-state index contributed by atoms with van der Waals surface area (Å²) in [5.41, 5.74) is 0. The molecule has 0 atom stereocenters. The zero-order valence-corrected chi connectivity index (χ0v) is 11.2. The first-order chi connectivity index (χ1) is 8.35. The lowest BCUT2D eigenvalue weighted by Crippen LogP contribution is -2.47. The number of amides is 1. The first kappa shape index (κ1) is 14.7. The van der Waals surface area contributed by atoms with Gasteiger partial charge in [0, 0.05) is 19.0 Å². The first-order valence-corrected chi connectivity index (χ1v) is 7.17. The molecule has 1 rings (SSSR count). The van der Waals surface area contributed by atoms with Crippen LogP contribution in [0.15, 0.2) is 0 Å². The summed E-state index contributed by atoms with van der Waals surface area (Å²) in [5.74, 6) is -0.112. The Labute approximate surface area is 107 Å². The minimum Gasteiger partial charge on any atom is -0.446 e. The second-order valence-electron chi connectivity index (χ2n) is 4.36. The Morgan fingerprint density at radius 3 is 2.44 bits per heavy atom. The molecular weight excluding hydrogens is 258 g/mol. The van der Waals surface area contributed by atoms with Crippen molar-refractivity contribution in [2.75, 3.05) is 13.1 Å². The zero-order chi connectivity index (χ0) is 13.8. The summed E-state index contributed by atoms with van der Waals surface area (Å²) in [7, 11) is -3.86. The number of piperidine rings is 1. The van der Waals surface area contributed by atoms with Gasteiger partial charge in [-0.15, -0.1) is 0 Å². The fourth-order valence-corrected chi connectivity index (χ4v) is 2.71. The third-order valence-corrected chi connectivity index (χ3v) is 4.00. The molecule has 0 aliphatic carbocycles. The Balaban J connectivity index is 2.55. The van der Waals surface area contributed by atoms with Crippen molar-refractivity contribution in [2.24, 2.45) is 5.92 Å². The number of carbonyl (C=O) groups excluding carboxylic acids is 1. The quantitative estimate of drug-likeness (QED) is 0.813. The van der Waals surface area contributed by atoms with Gasteiger partial charge in [-0.1, -0.05) is 0 Å². The Morgan fingerprint density at radius 2 is 2.00 bits per heavy atom. The van der Waals surface area contributed by atoms with Crippen LogP contribution < -0.4 is 4.72 Å². The molecule has 0 saturated carbocycles. The van der Waals surface area contributed by atoms with Crippen LogP contribution in [-0.4, -0.2) is 38.0 Å². The minimum atomic E-state index is -3.86. The van der Waals surface area contributed by atoms with Gasteiger partial charge in [0.1, 0.15) is 0 Å². The fraction of sp³-hybridized carbons (Fsp3) is 0.800. The highest BCUT2D eigenvalue weighted by Gasteiger charge is 2.29. The maximum Gasteiger partial charge on any atom is 0.422 e. The second kappa shape index (κ2) is 6.02. The van der Waals surface area contributed by atoms with E-state index in [2.05, 4.69) is 6.07 Å². The highest BCUT2D eigenvalue weighted by Crippen LogP contribution is 2.17. The van der Waals surface area contributed by atoms with E-state index in [1.807, 2.05) is 4.72 Å². The molecule has 0 aromatic rings. The van der Waals surface area contributed by atoms with E-state index in [0.717, 1.165) is 4.31 Å². The van der Waals surface area contributed by atoms with Gasteiger partial charge in [0.25, 0.3) is 0 Å². The predicted molar refractivity (Wildman–Crippen MR) is 63.6 cm³/mol. The Hall–Kier alpha value is -1.33. The third kappa shape index (κ3) is 4.16. The Kier molecular flexibility index (Phi) is 4.93. The Bertz CT molecular complexity index is 433. The fourth-order valence-electron chi connectivity index (χ4n) is 1.63. The van der Waals surface area contributed by atoms with E-state index in [9.17, 15) is 13.2 Å². The molecule has 1 aliphatic rings. The van der Waals surface area contributed by atoms with Gasteiger partial charge in [0.2, 0.25) is 0 Å². The van der Waals surface area contributed by atoms with Crippen molar-refractivity contribution in [1.82, 2.24) is 9.03 Å². The van der Waals surface area contributed by atoms with E-state index >= 15 is 0 Å². The summed E-state index contributed by atoms with van der Waals surface area (Å²) in [4.78, 5) is 11.2. The lowest BCUT2D eigenvalue weighted by Gasteiger charge is -2.27. The van der Waals surface area contributed by atoms with Crippen molar-refractivity contribution in [2.45, 2.75) is 32.8 Å². The van der Waals surface area contributed by atoms with Crippen molar-refractivity contribution in [3.63, 3.8) is 0 Å². The largest absolute Gasteiger partial charge is 0.446 e. The van der Waals surface area contributed by atoms with Gasteiger partial charge in [0.15, 0.2) is 0 Å². The van der Waals surface area contributed by atoms with Gasteiger partial charge >= 0.3 is 16.3 Å². The molecule has 18 heavy (non-hydrogen) atoms. The van der Waals surface area contributed by atoms with Crippen LogP contribution in [0.2, 0.25) is 0 Å². The van der Waals surface area contributed by atoms with Crippen LogP contribution in [0.4, 0.5) is 4.79 Å². The van der Waals surface area contributed by atoms with Crippen molar-refractivity contribution in [3.05, 3.63) is 0 Å². The van der Waals surface area contributed by atoms with E-state index in [-0.39, 0.29) is 25.1 Å². The SMILES string of the molecule is CC(C)OC(=O)NS(=O)(=O)N1CCC(C#N)CC1. The molecule has 1 aliphatic heterocycles. The predicted octanol–water partition coefficient (Wildman–Crippen LogP) is 0.601. The smallest absolute Gasteiger partial charge is 0.422 e. The number of carbonyl (C=O) groups is 1. The van der Waals surface area contributed by atoms with E-state index < -0.39 is 16.3 Å². The summed E-state index contributed by atoms with van der Waals surface area (Å²) < 4.78 is 31.3. The molecule has 0 bridgehead atoms. The summed E-state index contributed by atoms with van der Waals surface area (Å²) in [6, 6.07) is 2.11. The number of nitrogens with zero attached hydrogens (tertiary/aromatic N) is 2. The highest BCUT2D eigenvalue weighted by molar-refractivity contribution is 7.87. The number of rotatable bonds is 3. The minimum absolute atomic E-state index is 0.112. The van der Waals surface area contributed by atoms with Crippen molar-refractivity contribution >= 4 is 16.3 Å². The normalized spacial score (nSPS) is 18.3. The molecule has 7 nitrogen and oxygen atoms in total. The number of hydrogen-bond acceptors (Lipinski definition) is 5. The van der Waals surface area contributed by atoms with Gasteiger partial charge in [-0.05, 0) is 26.7 Å². The molecule has 1 heterocycles. The van der Waals surface area contributed by atoms with E-state index in [1.54, 1.807) is 13.8 Å². The molecule has 0 unspecified atom stereocenters.